The van der Waals surface area contributed by atoms with Gasteiger partial charge in [0.15, 0.2) is 11.3 Å². The van der Waals surface area contributed by atoms with Gasteiger partial charge in [0.1, 0.15) is 16.7 Å². The van der Waals surface area contributed by atoms with E-state index in [0.29, 0.717) is 23.1 Å². The number of fused-ring (bicyclic) bond motifs is 11. The molecule has 12 aromatic rings. The van der Waals surface area contributed by atoms with E-state index in [0.717, 1.165) is 111 Å². The summed E-state index contributed by atoms with van der Waals surface area (Å²) in [7, 11) is 0. The molecule has 6 nitrogen and oxygen atoms in total. The molecule has 0 amide bonds. The van der Waals surface area contributed by atoms with E-state index in [9.17, 15) is 5.26 Å². The highest BCUT2D eigenvalue weighted by Gasteiger charge is 2.50. The van der Waals surface area contributed by atoms with Gasteiger partial charge in [-0.3, -0.25) is 0 Å². The van der Waals surface area contributed by atoms with Gasteiger partial charge < -0.3 is 18.6 Å². The van der Waals surface area contributed by atoms with Gasteiger partial charge in [0.05, 0.1) is 40.4 Å². The summed E-state index contributed by atoms with van der Waals surface area (Å²) in [6.45, 7) is 16.8. The zero-order valence-corrected chi connectivity index (χ0v) is 42.0. The van der Waals surface area contributed by atoms with Crippen LogP contribution >= 0.6 is 0 Å². The van der Waals surface area contributed by atoms with E-state index in [1.165, 1.54) is 11.1 Å². The van der Waals surface area contributed by atoms with E-state index in [-0.39, 0.29) is 0 Å². The average molecular weight is 967 g/mol. The maximum absolute atomic E-state index is 10.0. The van der Waals surface area contributed by atoms with E-state index < -0.39 is 5.41 Å². The highest BCUT2D eigenvalue weighted by atomic mass is 16.3. The molecule has 0 unspecified atom stereocenters. The Morgan fingerprint density at radius 2 is 0.893 bits per heavy atom. The molecule has 75 heavy (non-hydrogen) atoms. The number of benzene rings is 10. The first kappa shape index (κ1) is 45.3. The fourth-order valence-corrected chi connectivity index (χ4v) is 11.7. The standard InChI is InChI=1S/C69H50N4O2/c1-43(2)46-26-34-52(35-27-46)72(54-38-30-50(71-5)31-39-54)59-40-58-66(68-63(59)55-20-12-14-22-61(55)75-68)65-57(69(58,48-16-8-6-9-17-48)49-18-10-7-11-19-49)41-60(67-64(65)56-21-13-15-23-62(56)74-67)73(51-32-24-45(42-70)25-33-51)53-36-28-47(29-37-53)44(3)4/h6-41,43-44H,1-4H3. The highest BCUT2D eigenvalue weighted by molar-refractivity contribution is 6.26. The Bertz CT molecular complexity index is 4190. The number of para-hydroxylation sites is 2. The highest BCUT2D eigenvalue weighted by Crippen LogP contribution is 2.64. The molecule has 2 heterocycles. The number of hydrogen-bond acceptors (Lipinski definition) is 5. The normalized spacial score (nSPS) is 12.6. The molecule has 13 rings (SSSR count). The third-order valence-corrected chi connectivity index (χ3v) is 15.3. The summed E-state index contributed by atoms with van der Waals surface area (Å²) in [4.78, 5) is 8.43. The molecule has 0 fully saturated rings. The van der Waals surface area contributed by atoms with Gasteiger partial charge in [0, 0.05) is 50.0 Å². The number of nitrogens with zero attached hydrogens (tertiary/aromatic N) is 4. The fraction of sp³-hybridized carbons (Fsp3) is 0.101. The lowest BCUT2D eigenvalue weighted by molar-refractivity contribution is 0.668. The van der Waals surface area contributed by atoms with Gasteiger partial charge >= 0.3 is 0 Å². The van der Waals surface area contributed by atoms with Crippen molar-refractivity contribution in [2.45, 2.75) is 44.9 Å². The van der Waals surface area contributed by atoms with Gasteiger partial charge in [-0.1, -0.05) is 161 Å². The largest absolute Gasteiger partial charge is 0.455 e. The summed E-state index contributed by atoms with van der Waals surface area (Å²) < 4.78 is 14.7. The van der Waals surface area contributed by atoms with Crippen LogP contribution in [0, 0.1) is 17.9 Å². The Labute approximate surface area is 436 Å². The number of furan rings is 2. The Hall–Kier alpha value is -9.62. The van der Waals surface area contributed by atoms with Crippen molar-refractivity contribution in [3.63, 3.8) is 0 Å². The topological polar surface area (TPSA) is 60.9 Å². The van der Waals surface area contributed by atoms with Crippen LogP contribution in [0.4, 0.5) is 39.8 Å². The molecular formula is C69H50N4O2. The first-order chi connectivity index (χ1) is 36.8. The molecule has 0 radical (unpaired) electrons. The van der Waals surface area contributed by atoms with E-state index >= 15 is 0 Å². The van der Waals surface area contributed by atoms with Crippen molar-refractivity contribution in [3.8, 4) is 17.2 Å². The van der Waals surface area contributed by atoms with Crippen molar-refractivity contribution >= 4 is 83.7 Å². The number of nitriles is 1. The predicted octanol–water partition coefficient (Wildman–Crippen LogP) is 19.5. The maximum Gasteiger partial charge on any atom is 0.187 e. The zero-order valence-electron chi connectivity index (χ0n) is 42.0. The Balaban J connectivity index is 1.24. The van der Waals surface area contributed by atoms with Crippen molar-refractivity contribution < 1.29 is 8.83 Å². The second-order valence-electron chi connectivity index (χ2n) is 20.2. The van der Waals surface area contributed by atoms with Crippen LogP contribution in [-0.2, 0) is 5.41 Å². The van der Waals surface area contributed by atoms with Gasteiger partial charge in [-0.15, -0.1) is 0 Å². The second-order valence-corrected chi connectivity index (χ2v) is 20.2. The van der Waals surface area contributed by atoms with Gasteiger partial charge in [-0.05, 0) is 130 Å². The van der Waals surface area contributed by atoms with Crippen LogP contribution < -0.4 is 9.80 Å². The van der Waals surface area contributed by atoms with Crippen molar-refractivity contribution in [1.29, 1.82) is 5.26 Å². The van der Waals surface area contributed by atoms with Crippen molar-refractivity contribution in [2.24, 2.45) is 0 Å². The molecule has 0 saturated carbocycles. The summed E-state index contributed by atoms with van der Waals surface area (Å²) in [6, 6.07) is 79.2. The summed E-state index contributed by atoms with van der Waals surface area (Å²) >= 11 is 0. The Morgan fingerprint density at radius 3 is 1.40 bits per heavy atom. The first-order valence-corrected chi connectivity index (χ1v) is 25.6. The third kappa shape index (κ3) is 7.06. The summed E-state index contributed by atoms with van der Waals surface area (Å²) in [5, 5.41) is 14.0. The van der Waals surface area contributed by atoms with E-state index in [1.54, 1.807) is 0 Å². The van der Waals surface area contributed by atoms with Gasteiger partial charge in [0.25, 0.3) is 0 Å². The molecule has 0 aliphatic heterocycles. The zero-order chi connectivity index (χ0) is 51.0. The molecule has 0 bridgehead atoms. The van der Waals surface area contributed by atoms with Crippen molar-refractivity contribution in [2.75, 3.05) is 9.80 Å². The lowest BCUT2D eigenvalue weighted by Gasteiger charge is -2.36. The van der Waals surface area contributed by atoms with Gasteiger partial charge in [-0.2, -0.15) is 5.26 Å². The molecule has 1 aliphatic rings. The minimum Gasteiger partial charge on any atom is -0.455 e. The molecule has 0 spiro atoms. The quantitative estimate of drug-likeness (QED) is 0.128. The van der Waals surface area contributed by atoms with Crippen molar-refractivity contribution in [3.05, 3.63) is 269 Å². The number of anilines is 6. The third-order valence-electron chi connectivity index (χ3n) is 15.3. The molecule has 10 aromatic carbocycles. The maximum atomic E-state index is 10.0. The lowest BCUT2D eigenvalue weighted by Crippen LogP contribution is -2.29. The molecule has 0 N–H and O–H groups in total. The lowest BCUT2D eigenvalue weighted by atomic mass is 9.67. The SMILES string of the molecule is [C-]#[N+]c1ccc(N(c2ccc(C(C)C)cc2)c2cc3c(c4oc5ccccc5c24)-c2c(cc(N(c4ccc(C#N)cc4)c4ccc(C(C)C)cc4)c4oc5ccccc5c24)C3(c2ccccc2)c2ccccc2)cc1. The predicted molar refractivity (Wildman–Crippen MR) is 307 cm³/mol. The smallest absolute Gasteiger partial charge is 0.187 e. The molecule has 6 heteroatoms. The van der Waals surface area contributed by atoms with E-state index in [4.69, 9.17) is 15.4 Å². The summed E-state index contributed by atoms with van der Waals surface area (Å²) in [5.74, 6) is 0.688. The molecule has 1 aliphatic carbocycles. The van der Waals surface area contributed by atoms with Crippen LogP contribution in [0.15, 0.2) is 227 Å². The van der Waals surface area contributed by atoms with Crippen molar-refractivity contribution in [1.82, 2.24) is 0 Å². The first-order valence-electron chi connectivity index (χ1n) is 25.6. The van der Waals surface area contributed by atoms with E-state index in [2.05, 4.69) is 218 Å². The van der Waals surface area contributed by atoms with Crippen LogP contribution in [0.3, 0.4) is 0 Å². The molecule has 2 aromatic heterocycles. The minimum absolute atomic E-state index is 0.341. The fourth-order valence-electron chi connectivity index (χ4n) is 11.7. The van der Waals surface area contributed by atoms with Gasteiger partial charge in [-0.25, -0.2) is 4.85 Å². The van der Waals surface area contributed by atoms with Crippen LogP contribution in [0.5, 0.6) is 0 Å². The van der Waals surface area contributed by atoms with E-state index in [1.807, 2.05) is 48.5 Å². The van der Waals surface area contributed by atoms with Crippen LogP contribution in [0.25, 0.3) is 59.8 Å². The summed E-state index contributed by atoms with van der Waals surface area (Å²) in [6.07, 6.45) is 0. The molecule has 0 atom stereocenters. The average Bonchev–Trinajstić information content (AvgIpc) is 4.21. The number of rotatable bonds is 10. The Kier molecular flexibility index (Phi) is 10.8. The van der Waals surface area contributed by atoms with Crippen LogP contribution in [-0.4, -0.2) is 0 Å². The monoisotopic (exact) mass is 966 g/mol. The Morgan fingerprint density at radius 1 is 0.467 bits per heavy atom. The molecular weight excluding hydrogens is 917 g/mol. The van der Waals surface area contributed by atoms with Crippen LogP contribution in [0.1, 0.15) is 78.5 Å². The summed E-state index contributed by atoms with van der Waals surface area (Å²) in [5.41, 5.74) is 17.7. The number of hydrogen-bond donors (Lipinski definition) is 0. The molecule has 358 valence electrons. The second kappa shape index (κ2) is 17.8. The van der Waals surface area contributed by atoms with Gasteiger partial charge in [0.2, 0.25) is 0 Å². The minimum atomic E-state index is -0.935. The molecule has 0 saturated heterocycles. The van der Waals surface area contributed by atoms with Crippen LogP contribution in [0.2, 0.25) is 0 Å².